The summed E-state index contributed by atoms with van der Waals surface area (Å²) < 4.78 is 66.5. The summed E-state index contributed by atoms with van der Waals surface area (Å²) in [6.07, 6.45) is 0.500. The number of piperazine rings is 1. The third kappa shape index (κ3) is 7.05. The van der Waals surface area contributed by atoms with E-state index in [9.17, 15) is 26.8 Å². The van der Waals surface area contributed by atoms with Crippen LogP contribution in [-0.2, 0) is 25.7 Å². The van der Waals surface area contributed by atoms with E-state index >= 15 is 0 Å². The average Bonchev–Trinajstić information content (AvgIpc) is 3.42. The Balaban J connectivity index is 1.38. The van der Waals surface area contributed by atoms with Gasteiger partial charge in [0, 0.05) is 73.8 Å². The topological polar surface area (TPSA) is 123 Å². The van der Waals surface area contributed by atoms with Gasteiger partial charge in [-0.3, -0.25) is 4.79 Å². The quantitative estimate of drug-likeness (QED) is 0.244. The largest absolute Gasteiger partial charge is 0.448 e. The zero-order chi connectivity index (χ0) is 34.0. The first kappa shape index (κ1) is 33.5. The number of ether oxygens (including phenoxy) is 2. The molecule has 0 aliphatic carbocycles. The van der Waals surface area contributed by atoms with E-state index in [-0.39, 0.29) is 46.3 Å². The molecule has 0 spiro atoms. The molecule has 0 atom stereocenters. The van der Waals surface area contributed by atoms with E-state index in [0.717, 1.165) is 61.5 Å². The minimum Gasteiger partial charge on any atom is -0.448 e. The molecule has 1 aromatic heterocycles. The summed E-state index contributed by atoms with van der Waals surface area (Å²) in [6.45, 7) is 6.48. The zero-order valence-electron chi connectivity index (χ0n) is 26.7. The number of benzene rings is 3. The number of halogens is 2. The number of carbonyl (C=O) groups is 2. The number of sulfone groups is 1. The summed E-state index contributed by atoms with van der Waals surface area (Å²) in [6, 6.07) is 11.7. The second-order valence-electron chi connectivity index (χ2n) is 12.0. The van der Waals surface area contributed by atoms with Crippen LogP contribution in [0.3, 0.4) is 0 Å². The number of rotatable bonds is 9. The number of aromatic nitrogens is 2. The van der Waals surface area contributed by atoms with Crippen molar-refractivity contribution in [1.82, 2.24) is 14.7 Å². The lowest BCUT2D eigenvalue weighted by Crippen LogP contribution is -2.44. The van der Waals surface area contributed by atoms with Gasteiger partial charge in [-0.1, -0.05) is 0 Å². The maximum atomic E-state index is 14.1. The number of hydrogen-bond donors (Lipinski definition) is 1. The monoisotopic (exact) mass is 681 g/mol. The molecule has 0 unspecified atom stereocenters. The molecule has 6 rings (SSSR count). The van der Waals surface area contributed by atoms with Gasteiger partial charge in [0.1, 0.15) is 11.6 Å². The summed E-state index contributed by atoms with van der Waals surface area (Å²) in [5, 5.41) is 8.17. The van der Waals surface area contributed by atoms with Crippen molar-refractivity contribution in [2.45, 2.75) is 42.0 Å². The van der Waals surface area contributed by atoms with Crippen LogP contribution in [0.2, 0.25) is 0 Å². The molecule has 0 saturated carbocycles. The molecular formula is C34H37F2N5O6S. The fraction of sp³-hybridized carbons (Fsp3) is 0.382. The van der Waals surface area contributed by atoms with Gasteiger partial charge in [0.05, 0.1) is 34.0 Å². The molecule has 1 N–H and O–H groups in total. The molecule has 2 aliphatic rings. The molecule has 2 saturated heterocycles. The molecule has 0 bridgehead atoms. The average molecular weight is 682 g/mol. The van der Waals surface area contributed by atoms with Crippen LogP contribution < -0.4 is 10.2 Å². The Kier molecular flexibility index (Phi) is 9.76. The Morgan fingerprint density at radius 3 is 2.35 bits per heavy atom. The molecule has 11 nitrogen and oxygen atoms in total. The fourth-order valence-corrected chi connectivity index (χ4v) is 7.39. The van der Waals surface area contributed by atoms with E-state index in [1.54, 1.807) is 13.0 Å². The molecular weight excluding hydrogens is 644 g/mol. The smallest absolute Gasteiger partial charge is 0.435 e. The summed E-state index contributed by atoms with van der Waals surface area (Å²) in [5.41, 5.74) is 2.46. The Bertz CT molecular complexity index is 1930. The van der Waals surface area contributed by atoms with Gasteiger partial charge in [0.25, 0.3) is 0 Å². The van der Waals surface area contributed by atoms with Crippen molar-refractivity contribution in [1.29, 1.82) is 0 Å². The van der Waals surface area contributed by atoms with Crippen LogP contribution in [0.5, 0.6) is 0 Å². The normalized spacial score (nSPS) is 16.3. The third-order valence-corrected chi connectivity index (χ3v) is 10.4. The van der Waals surface area contributed by atoms with Gasteiger partial charge in [0.15, 0.2) is 5.78 Å². The maximum absolute atomic E-state index is 14.1. The molecule has 14 heteroatoms. The predicted octanol–water partition coefficient (Wildman–Crippen LogP) is 4.92. The van der Waals surface area contributed by atoms with E-state index in [1.807, 2.05) is 12.1 Å². The minimum atomic E-state index is -4.38. The first-order valence-electron chi connectivity index (χ1n) is 15.9. The lowest BCUT2D eigenvalue weighted by atomic mass is 10.00. The molecule has 2 aliphatic heterocycles. The van der Waals surface area contributed by atoms with Crippen molar-refractivity contribution >= 4 is 44.0 Å². The minimum absolute atomic E-state index is 0.0624. The van der Waals surface area contributed by atoms with Gasteiger partial charge in [0.2, 0.25) is 9.84 Å². The summed E-state index contributed by atoms with van der Waals surface area (Å²) in [7, 11) is -2.30. The summed E-state index contributed by atoms with van der Waals surface area (Å²) >= 11 is 0. The van der Waals surface area contributed by atoms with E-state index in [4.69, 9.17) is 9.47 Å². The van der Waals surface area contributed by atoms with Crippen LogP contribution in [0.1, 0.15) is 35.8 Å². The van der Waals surface area contributed by atoms with Crippen LogP contribution in [0.15, 0.2) is 64.4 Å². The zero-order valence-corrected chi connectivity index (χ0v) is 27.6. The van der Waals surface area contributed by atoms with Crippen molar-refractivity contribution in [2.75, 3.05) is 63.3 Å². The van der Waals surface area contributed by atoms with Crippen LogP contribution >= 0.6 is 0 Å². The highest BCUT2D eigenvalue weighted by molar-refractivity contribution is 7.91. The van der Waals surface area contributed by atoms with E-state index in [0.29, 0.717) is 30.5 Å². The van der Waals surface area contributed by atoms with Gasteiger partial charge in [-0.15, -0.1) is 0 Å². The molecule has 3 heterocycles. The Labute approximate surface area is 277 Å². The highest BCUT2D eigenvalue weighted by Gasteiger charge is 2.26. The summed E-state index contributed by atoms with van der Waals surface area (Å²) in [4.78, 5) is 30.6. The lowest BCUT2D eigenvalue weighted by molar-refractivity contribution is 0.0904. The van der Waals surface area contributed by atoms with Gasteiger partial charge >= 0.3 is 6.09 Å². The van der Waals surface area contributed by atoms with Gasteiger partial charge in [-0.2, -0.15) is 9.78 Å². The number of hydrogen-bond acceptors (Lipinski definition) is 10. The Morgan fingerprint density at radius 1 is 0.958 bits per heavy atom. The second-order valence-corrected chi connectivity index (χ2v) is 13.9. The molecule has 4 aromatic rings. The van der Waals surface area contributed by atoms with E-state index < -0.39 is 32.5 Å². The highest BCUT2D eigenvalue weighted by Crippen LogP contribution is 2.31. The molecule has 2 fully saturated rings. The van der Waals surface area contributed by atoms with Crippen molar-refractivity contribution in [3.8, 4) is 0 Å². The van der Waals surface area contributed by atoms with Crippen molar-refractivity contribution in [3.05, 3.63) is 77.5 Å². The Hall–Kier alpha value is -4.40. The number of likely N-dealkylation sites (N-methyl/N-ethyl adjacent to an activating group) is 1. The maximum Gasteiger partial charge on any atom is 0.435 e. The number of nitrogens with one attached hydrogen (secondary N) is 1. The Morgan fingerprint density at radius 2 is 1.67 bits per heavy atom. The van der Waals surface area contributed by atoms with Crippen molar-refractivity contribution < 1.29 is 36.3 Å². The van der Waals surface area contributed by atoms with E-state index in [1.165, 1.54) is 18.2 Å². The highest BCUT2D eigenvalue weighted by atomic mass is 32.2. The van der Waals surface area contributed by atoms with Crippen LogP contribution in [-0.4, -0.2) is 94.1 Å². The third-order valence-electron chi connectivity index (χ3n) is 8.71. The lowest BCUT2D eigenvalue weighted by Gasteiger charge is -2.34. The number of fused-ring (bicyclic) bond motifs is 1. The summed E-state index contributed by atoms with van der Waals surface area (Å²) in [5.74, 6) is -2.38. The fourth-order valence-electron chi connectivity index (χ4n) is 6.07. The number of Topliss-reactive ketones (excluding diaryl/α,β-unsaturated/α-hetero) is 1. The number of nitrogens with zero attached hydrogens (tertiary/aromatic N) is 4. The standard InChI is InChI=1S/C34H37F2N5O6S/c1-3-47-34(43)41-32-7-5-26(48(44,45)27-17-22(35)16-23(36)18-27)20-29(32)31(38-41)21-33(42)28-6-4-25(40-12-10-39(2)11-13-40)19-30(28)37-24-8-14-46-15-9-24/h4-7,16-20,24,37H,3,8-15,21H2,1-2H3. The number of ketones is 1. The van der Waals surface area contributed by atoms with Gasteiger partial charge < -0.3 is 24.6 Å². The first-order chi connectivity index (χ1) is 23.0. The van der Waals surface area contributed by atoms with E-state index in [2.05, 4.69) is 27.3 Å². The molecule has 0 radical (unpaired) electrons. The van der Waals surface area contributed by atoms with Crippen molar-refractivity contribution in [2.24, 2.45) is 0 Å². The molecule has 48 heavy (non-hydrogen) atoms. The molecule has 0 amide bonds. The molecule has 3 aromatic carbocycles. The van der Waals surface area contributed by atoms with Gasteiger partial charge in [-0.25, -0.2) is 22.0 Å². The van der Waals surface area contributed by atoms with Crippen LogP contribution in [0.4, 0.5) is 25.0 Å². The second kappa shape index (κ2) is 14.0. The SMILES string of the molecule is CCOC(=O)n1nc(CC(=O)c2ccc(N3CCN(C)CC3)cc2NC2CCOCC2)c2cc(S(=O)(=O)c3cc(F)cc(F)c3)ccc21. The van der Waals surface area contributed by atoms with Crippen LogP contribution in [0.25, 0.3) is 10.9 Å². The molecule has 254 valence electrons. The van der Waals surface area contributed by atoms with Crippen LogP contribution in [0, 0.1) is 11.6 Å². The first-order valence-corrected chi connectivity index (χ1v) is 17.4. The van der Waals surface area contributed by atoms with Gasteiger partial charge in [-0.05, 0) is 75.3 Å². The number of carbonyl (C=O) groups excluding carboxylic acids is 2. The predicted molar refractivity (Wildman–Crippen MR) is 176 cm³/mol. The number of anilines is 2. The van der Waals surface area contributed by atoms with Crippen molar-refractivity contribution in [3.63, 3.8) is 0 Å².